The van der Waals surface area contributed by atoms with Gasteiger partial charge < -0.3 is 11.1 Å². The number of rotatable bonds is 7. The Morgan fingerprint density at radius 2 is 1.93 bits per heavy atom. The molecule has 0 bridgehead atoms. The van der Waals surface area contributed by atoms with E-state index < -0.39 is 0 Å². The molecule has 1 saturated carbocycles. The fourth-order valence-electron chi connectivity index (χ4n) is 2.16. The Labute approximate surface area is 88.6 Å². The van der Waals surface area contributed by atoms with Crippen molar-refractivity contribution in [2.45, 2.75) is 52.5 Å². The van der Waals surface area contributed by atoms with E-state index in [2.05, 4.69) is 26.1 Å². The molecule has 14 heavy (non-hydrogen) atoms. The summed E-state index contributed by atoms with van der Waals surface area (Å²) in [5.41, 5.74) is 6.21. The van der Waals surface area contributed by atoms with Crippen LogP contribution in [0.3, 0.4) is 0 Å². The van der Waals surface area contributed by atoms with Gasteiger partial charge in [-0.2, -0.15) is 0 Å². The molecule has 2 heteroatoms. The maximum absolute atomic E-state index is 5.86. The van der Waals surface area contributed by atoms with E-state index in [9.17, 15) is 0 Å². The van der Waals surface area contributed by atoms with E-state index in [1.54, 1.807) is 0 Å². The third kappa shape index (κ3) is 2.71. The molecular weight excluding hydrogens is 172 g/mol. The Morgan fingerprint density at radius 1 is 1.29 bits per heavy atom. The standard InChI is InChI=1S/C12H26N2/c1-4-10-7-11(10)14-9-12(5-2,6-3)8-13/h10-11,14H,4-9,13H2,1-3H3. The lowest BCUT2D eigenvalue weighted by atomic mass is 9.82. The Bertz CT molecular complexity index is 155. The van der Waals surface area contributed by atoms with E-state index >= 15 is 0 Å². The van der Waals surface area contributed by atoms with Gasteiger partial charge in [0.2, 0.25) is 0 Å². The maximum Gasteiger partial charge on any atom is 0.00992 e. The highest BCUT2D eigenvalue weighted by Gasteiger charge is 2.36. The molecule has 0 aliphatic heterocycles. The number of nitrogens with one attached hydrogen (secondary N) is 1. The fraction of sp³-hybridized carbons (Fsp3) is 1.00. The van der Waals surface area contributed by atoms with Crippen molar-refractivity contribution in [3.8, 4) is 0 Å². The van der Waals surface area contributed by atoms with Gasteiger partial charge in [0.15, 0.2) is 0 Å². The van der Waals surface area contributed by atoms with Crippen LogP contribution in [0.5, 0.6) is 0 Å². The molecule has 3 N–H and O–H groups in total. The zero-order valence-electron chi connectivity index (χ0n) is 9.97. The summed E-state index contributed by atoms with van der Waals surface area (Å²) in [5.74, 6) is 0.944. The Morgan fingerprint density at radius 3 is 2.29 bits per heavy atom. The van der Waals surface area contributed by atoms with Crippen molar-refractivity contribution in [1.82, 2.24) is 5.32 Å². The van der Waals surface area contributed by atoms with E-state index in [0.717, 1.165) is 25.0 Å². The molecule has 1 aliphatic rings. The minimum Gasteiger partial charge on any atom is -0.330 e. The van der Waals surface area contributed by atoms with Crippen LogP contribution in [0.1, 0.15) is 46.5 Å². The number of hydrogen-bond donors (Lipinski definition) is 2. The summed E-state index contributed by atoms with van der Waals surface area (Å²) in [4.78, 5) is 0. The van der Waals surface area contributed by atoms with Crippen LogP contribution in [-0.2, 0) is 0 Å². The molecule has 0 radical (unpaired) electrons. The Balaban J connectivity index is 2.27. The van der Waals surface area contributed by atoms with Gasteiger partial charge in [0.1, 0.15) is 0 Å². The van der Waals surface area contributed by atoms with Crippen LogP contribution in [0.15, 0.2) is 0 Å². The molecule has 0 heterocycles. The zero-order chi connectivity index (χ0) is 10.6. The average Bonchev–Trinajstić information content (AvgIpc) is 3.00. The van der Waals surface area contributed by atoms with Gasteiger partial charge >= 0.3 is 0 Å². The lowest BCUT2D eigenvalue weighted by molar-refractivity contribution is 0.256. The van der Waals surface area contributed by atoms with Crippen LogP contribution < -0.4 is 11.1 Å². The van der Waals surface area contributed by atoms with Crippen molar-refractivity contribution in [3.63, 3.8) is 0 Å². The smallest absolute Gasteiger partial charge is 0.00992 e. The topological polar surface area (TPSA) is 38.0 Å². The third-order valence-corrected chi connectivity index (χ3v) is 4.12. The first-order valence-corrected chi connectivity index (χ1v) is 6.14. The SMILES string of the molecule is CCC1CC1NCC(CC)(CC)CN. The van der Waals surface area contributed by atoms with Gasteiger partial charge in [-0.1, -0.05) is 27.2 Å². The second-order valence-electron chi connectivity index (χ2n) is 4.80. The molecule has 2 nitrogen and oxygen atoms in total. The lowest BCUT2D eigenvalue weighted by Gasteiger charge is -2.30. The molecule has 84 valence electrons. The largest absolute Gasteiger partial charge is 0.330 e. The molecule has 0 amide bonds. The van der Waals surface area contributed by atoms with Gasteiger partial charge in [0, 0.05) is 12.6 Å². The number of nitrogens with two attached hydrogens (primary N) is 1. The summed E-state index contributed by atoms with van der Waals surface area (Å²) in [7, 11) is 0. The molecule has 0 aromatic heterocycles. The van der Waals surface area contributed by atoms with Gasteiger partial charge in [0.25, 0.3) is 0 Å². The quantitative estimate of drug-likeness (QED) is 0.658. The molecule has 0 aromatic rings. The van der Waals surface area contributed by atoms with Crippen molar-refractivity contribution in [2.75, 3.05) is 13.1 Å². The molecule has 0 spiro atoms. The van der Waals surface area contributed by atoms with E-state index in [0.29, 0.717) is 5.41 Å². The predicted molar refractivity (Wildman–Crippen MR) is 62.3 cm³/mol. The van der Waals surface area contributed by atoms with Gasteiger partial charge in [-0.15, -0.1) is 0 Å². The second-order valence-corrected chi connectivity index (χ2v) is 4.80. The van der Waals surface area contributed by atoms with Crippen LogP contribution in [0.2, 0.25) is 0 Å². The Kier molecular flexibility index (Phi) is 4.39. The van der Waals surface area contributed by atoms with Crippen LogP contribution in [0.25, 0.3) is 0 Å². The van der Waals surface area contributed by atoms with E-state index in [-0.39, 0.29) is 0 Å². The first-order chi connectivity index (χ1) is 6.71. The fourth-order valence-corrected chi connectivity index (χ4v) is 2.16. The first kappa shape index (κ1) is 12.0. The van der Waals surface area contributed by atoms with Gasteiger partial charge in [-0.25, -0.2) is 0 Å². The van der Waals surface area contributed by atoms with Gasteiger partial charge in [-0.05, 0) is 37.1 Å². The normalized spacial score (nSPS) is 26.6. The minimum atomic E-state index is 0.348. The second kappa shape index (κ2) is 5.13. The summed E-state index contributed by atoms with van der Waals surface area (Å²) in [5, 5.41) is 3.67. The van der Waals surface area contributed by atoms with E-state index in [1.165, 1.54) is 25.7 Å². The summed E-state index contributed by atoms with van der Waals surface area (Å²) in [6.07, 6.45) is 5.09. The molecule has 2 unspecified atom stereocenters. The molecule has 0 saturated heterocycles. The van der Waals surface area contributed by atoms with Crippen molar-refractivity contribution < 1.29 is 0 Å². The summed E-state index contributed by atoms with van der Waals surface area (Å²) in [6.45, 7) is 8.71. The van der Waals surface area contributed by atoms with Crippen LogP contribution in [-0.4, -0.2) is 19.1 Å². The summed E-state index contributed by atoms with van der Waals surface area (Å²) in [6, 6.07) is 0.795. The highest BCUT2D eigenvalue weighted by atomic mass is 15.0. The first-order valence-electron chi connectivity index (χ1n) is 6.14. The molecule has 1 fully saturated rings. The molecule has 0 aromatic carbocycles. The van der Waals surface area contributed by atoms with Crippen molar-refractivity contribution in [1.29, 1.82) is 0 Å². The molecular formula is C12H26N2. The van der Waals surface area contributed by atoms with Crippen LogP contribution in [0.4, 0.5) is 0 Å². The molecule has 1 rings (SSSR count). The lowest BCUT2D eigenvalue weighted by Crippen LogP contribution is -2.40. The molecule has 2 atom stereocenters. The number of hydrogen-bond acceptors (Lipinski definition) is 2. The third-order valence-electron chi connectivity index (χ3n) is 4.12. The highest BCUT2D eigenvalue weighted by molar-refractivity contribution is 4.94. The van der Waals surface area contributed by atoms with Gasteiger partial charge in [0.05, 0.1) is 0 Å². The highest BCUT2D eigenvalue weighted by Crippen LogP contribution is 2.34. The minimum absolute atomic E-state index is 0.348. The summed E-state index contributed by atoms with van der Waals surface area (Å²) >= 11 is 0. The van der Waals surface area contributed by atoms with Crippen LogP contribution >= 0.6 is 0 Å². The van der Waals surface area contributed by atoms with Crippen molar-refractivity contribution >= 4 is 0 Å². The van der Waals surface area contributed by atoms with Gasteiger partial charge in [-0.3, -0.25) is 0 Å². The van der Waals surface area contributed by atoms with Crippen molar-refractivity contribution in [3.05, 3.63) is 0 Å². The predicted octanol–water partition coefficient (Wildman–Crippen LogP) is 2.14. The molecule has 1 aliphatic carbocycles. The summed E-state index contributed by atoms with van der Waals surface area (Å²) < 4.78 is 0. The van der Waals surface area contributed by atoms with E-state index in [1.807, 2.05) is 0 Å². The van der Waals surface area contributed by atoms with Crippen molar-refractivity contribution in [2.24, 2.45) is 17.1 Å². The van der Waals surface area contributed by atoms with Crippen LogP contribution in [0, 0.1) is 11.3 Å². The Hall–Kier alpha value is -0.0800. The average molecular weight is 198 g/mol. The van der Waals surface area contributed by atoms with E-state index in [4.69, 9.17) is 5.73 Å². The maximum atomic E-state index is 5.86. The zero-order valence-corrected chi connectivity index (χ0v) is 9.97. The monoisotopic (exact) mass is 198 g/mol.